The molecule has 23 heavy (non-hydrogen) atoms. The molecule has 0 aliphatic rings. The Bertz CT molecular complexity index is 809. The average molecular weight is 309 g/mol. The number of fused-ring (bicyclic) bond motifs is 1. The number of rotatable bonds is 5. The molecular weight excluding hydrogens is 294 g/mol. The lowest BCUT2D eigenvalue weighted by Crippen LogP contribution is -2.30. The minimum absolute atomic E-state index is 0.164. The second-order valence-corrected chi connectivity index (χ2v) is 5.14. The Morgan fingerprint density at radius 1 is 1.09 bits per heavy atom. The SMILES string of the molecule is O=C(O)CC(NC(=O)c1nc2ccccc2[nH]1)c1ccccc1. The summed E-state index contributed by atoms with van der Waals surface area (Å²) in [6, 6.07) is 15.7. The minimum Gasteiger partial charge on any atom is -0.481 e. The third-order valence-electron chi connectivity index (χ3n) is 3.49. The zero-order valence-electron chi connectivity index (χ0n) is 12.2. The van der Waals surface area contributed by atoms with Gasteiger partial charge in [-0.3, -0.25) is 9.59 Å². The summed E-state index contributed by atoms with van der Waals surface area (Å²) >= 11 is 0. The smallest absolute Gasteiger partial charge is 0.305 e. The van der Waals surface area contributed by atoms with Gasteiger partial charge in [0.25, 0.3) is 5.91 Å². The predicted octanol–water partition coefficient (Wildman–Crippen LogP) is 2.51. The molecule has 1 unspecified atom stereocenters. The lowest BCUT2D eigenvalue weighted by atomic mass is 10.0. The Morgan fingerprint density at radius 2 is 1.78 bits per heavy atom. The molecule has 1 aromatic heterocycles. The number of benzene rings is 2. The number of carboxylic acid groups (broad SMARTS) is 1. The Kier molecular flexibility index (Phi) is 4.05. The molecule has 6 nitrogen and oxygen atoms in total. The van der Waals surface area contributed by atoms with Crippen LogP contribution in [0.15, 0.2) is 54.6 Å². The van der Waals surface area contributed by atoms with Crippen LogP contribution in [0.25, 0.3) is 11.0 Å². The van der Waals surface area contributed by atoms with Crippen molar-refractivity contribution < 1.29 is 14.7 Å². The van der Waals surface area contributed by atoms with E-state index in [1.54, 1.807) is 30.3 Å². The Morgan fingerprint density at radius 3 is 2.48 bits per heavy atom. The number of carbonyl (C=O) groups is 2. The molecule has 0 aliphatic carbocycles. The summed E-state index contributed by atoms with van der Waals surface area (Å²) < 4.78 is 0. The molecule has 0 radical (unpaired) electrons. The number of carboxylic acids is 1. The van der Waals surface area contributed by atoms with Gasteiger partial charge in [-0.15, -0.1) is 0 Å². The molecule has 0 saturated heterocycles. The number of aromatic amines is 1. The van der Waals surface area contributed by atoms with Gasteiger partial charge < -0.3 is 15.4 Å². The molecule has 3 aromatic rings. The van der Waals surface area contributed by atoms with E-state index in [0.717, 1.165) is 11.1 Å². The number of nitrogens with zero attached hydrogens (tertiary/aromatic N) is 1. The third-order valence-corrected chi connectivity index (χ3v) is 3.49. The predicted molar refractivity (Wildman–Crippen MR) is 85.0 cm³/mol. The van der Waals surface area contributed by atoms with E-state index in [1.807, 2.05) is 24.3 Å². The van der Waals surface area contributed by atoms with Gasteiger partial charge in [0.15, 0.2) is 5.82 Å². The summed E-state index contributed by atoms with van der Waals surface area (Å²) in [5, 5.41) is 11.8. The number of para-hydroxylation sites is 2. The van der Waals surface area contributed by atoms with Gasteiger partial charge in [0.2, 0.25) is 0 Å². The first kappa shape index (κ1) is 14.8. The van der Waals surface area contributed by atoms with E-state index in [-0.39, 0.29) is 12.2 Å². The first-order chi connectivity index (χ1) is 11.1. The molecule has 0 aliphatic heterocycles. The van der Waals surface area contributed by atoms with Crippen LogP contribution in [0, 0.1) is 0 Å². The molecule has 0 saturated carbocycles. The number of nitrogens with one attached hydrogen (secondary N) is 2. The summed E-state index contributed by atoms with van der Waals surface area (Å²) in [5.41, 5.74) is 2.18. The number of hydrogen-bond acceptors (Lipinski definition) is 3. The molecule has 0 fully saturated rings. The van der Waals surface area contributed by atoms with Gasteiger partial charge in [0.1, 0.15) is 0 Å². The monoisotopic (exact) mass is 309 g/mol. The van der Waals surface area contributed by atoms with Crippen LogP contribution in [0.1, 0.15) is 28.6 Å². The fourth-order valence-corrected chi connectivity index (χ4v) is 2.40. The number of amides is 1. The highest BCUT2D eigenvalue weighted by Gasteiger charge is 2.20. The van der Waals surface area contributed by atoms with Gasteiger partial charge in [-0.2, -0.15) is 0 Å². The molecular formula is C17H15N3O3. The molecule has 3 rings (SSSR count). The lowest BCUT2D eigenvalue weighted by Gasteiger charge is -2.16. The summed E-state index contributed by atoms with van der Waals surface area (Å²) in [4.78, 5) is 30.6. The lowest BCUT2D eigenvalue weighted by molar-refractivity contribution is -0.137. The van der Waals surface area contributed by atoms with Crippen LogP contribution < -0.4 is 5.32 Å². The highest BCUT2D eigenvalue weighted by Crippen LogP contribution is 2.18. The third kappa shape index (κ3) is 3.37. The molecule has 0 spiro atoms. The standard InChI is InChI=1S/C17H15N3O3/c21-15(22)10-14(11-6-2-1-3-7-11)20-17(23)16-18-12-8-4-5-9-13(12)19-16/h1-9,14H,10H2,(H,18,19)(H,20,23)(H,21,22). The van der Waals surface area contributed by atoms with Crippen LogP contribution in [-0.2, 0) is 4.79 Å². The quantitative estimate of drug-likeness (QED) is 0.675. The molecule has 1 amide bonds. The van der Waals surface area contributed by atoms with Gasteiger partial charge in [0.05, 0.1) is 23.5 Å². The Labute approximate surface area is 132 Å². The summed E-state index contributed by atoms with van der Waals surface area (Å²) in [5.74, 6) is -1.25. The Balaban J connectivity index is 1.84. The number of imidazole rings is 1. The van der Waals surface area contributed by atoms with Gasteiger partial charge in [-0.05, 0) is 17.7 Å². The van der Waals surface area contributed by atoms with Crippen molar-refractivity contribution >= 4 is 22.9 Å². The van der Waals surface area contributed by atoms with Crippen LogP contribution in [0.3, 0.4) is 0 Å². The summed E-state index contributed by atoms with van der Waals surface area (Å²) in [7, 11) is 0. The number of aromatic nitrogens is 2. The number of H-pyrrole nitrogens is 1. The van der Waals surface area contributed by atoms with Crippen LogP contribution in [-0.4, -0.2) is 27.0 Å². The maximum absolute atomic E-state index is 12.4. The summed E-state index contributed by atoms with van der Waals surface area (Å²) in [6.45, 7) is 0. The van der Waals surface area contributed by atoms with E-state index in [2.05, 4.69) is 15.3 Å². The molecule has 6 heteroatoms. The van der Waals surface area contributed by atoms with Gasteiger partial charge >= 0.3 is 5.97 Å². The van der Waals surface area contributed by atoms with E-state index >= 15 is 0 Å². The van der Waals surface area contributed by atoms with Crippen molar-refractivity contribution in [2.45, 2.75) is 12.5 Å². The van der Waals surface area contributed by atoms with E-state index in [4.69, 9.17) is 5.11 Å². The van der Waals surface area contributed by atoms with E-state index in [1.165, 1.54) is 0 Å². The zero-order valence-corrected chi connectivity index (χ0v) is 12.2. The van der Waals surface area contributed by atoms with Gasteiger partial charge in [-0.1, -0.05) is 42.5 Å². The first-order valence-corrected chi connectivity index (χ1v) is 7.16. The molecule has 116 valence electrons. The van der Waals surface area contributed by atoms with E-state index in [9.17, 15) is 9.59 Å². The van der Waals surface area contributed by atoms with Crippen molar-refractivity contribution in [3.63, 3.8) is 0 Å². The van der Waals surface area contributed by atoms with Crippen molar-refractivity contribution in [3.8, 4) is 0 Å². The largest absolute Gasteiger partial charge is 0.481 e. The normalized spacial score (nSPS) is 12.0. The minimum atomic E-state index is -0.983. The molecule has 3 N–H and O–H groups in total. The van der Waals surface area contributed by atoms with Crippen LogP contribution >= 0.6 is 0 Å². The fourth-order valence-electron chi connectivity index (χ4n) is 2.40. The van der Waals surface area contributed by atoms with Crippen molar-refractivity contribution in [2.75, 3.05) is 0 Å². The second-order valence-electron chi connectivity index (χ2n) is 5.14. The molecule has 2 aromatic carbocycles. The first-order valence-electron chi connectivity index (χ1n) is 7.16. The highest BCUT2D eigenvalue weighted by molar-refractivity contribution is 5.94. The Hall–Kier alpha value is -3.15. The number of hydrogen-bond donors (Lipinski definition) is 3. The topological polar surface area (TPSA) is 95.1 Å². The highest BCUT2D eigenvalue weighted by atomic mass is 16.4. The zero-order chi connectivity index (χ0) is 16.2. The maximum atomic E-state index is 12.4. The summed E-state index contributed by atoms with van der Waals surface area (Å²) in [6.07, 6.45) is -0.198. The fraction of sp³-hybridized carbons (Fsp3) is 0.118. The van der Waals surface area contributed by atoms with Crippen LogP contribution in [0.2, 0.25) is 0 Å². The maximum Gasteiger partial charge on any atom is 0.305 e. The molecule has 1 heterocycles. The van der Waals surface area contributed by atoms with E-state index in [0.29, 0.717) is 5.52 Å². The molecule has 0 bridgehead atoms. The van der Waals surface area contributed by atoms with Crippen LogP contribution in [0.5, 0.6) is 0 Å². The average Bonchev–Trinajstić information content (AvgIpc) is 2.99. The van der Waals surface area contributed by atoms with Crippen molar-refractivity contribution in [1.82, 2.24) is 15.3 Å². The van der Waals surface area contributed by atoms with Crippen molar-refractivity contribution in [2.24, 2.45) is 0 Å². The number of aliphatic carboxylic acids is 1. The van der Waals surface area contributed by atoms with Gasteiger partial charge in [0, 0.05) is 0 Å². The van der Waals surface area contributed by atoms with Crippen LogP contribution in [0.4, 0.5) is 0 Å². The van der Waals surface area contributed by atoms with Gasteiger partial charge in [-0.25, -0.2) is 4.98 Å². The van der Waals surface area contributed by atoms with Crippen molar-refractivity contribution in [3.05, 3.63) is 66.0 Å². The van der Waals surface area contributed by atoms with E-state index < -0.39 is 17.9 Å². The molecule has 1 atom stereocenters. The van der Waals surface area contributed by atoms with Crippen molar-refractivity contribution in [1.29, 1.82) is 0 Å². The number of carbonyl (C=O) groups excluding carboxylic acids is 1. The second kappa shape index (κ2) is 6.31.